The van der Waals surface area contributed by atoms with Crippen LogP contribution in [-0.2, 0) is 0 Å². The summed E-state index contributed by atoms with van der Waals surface area (Å²) in [7, 11) is 0. The molecule has 2 unspecified atom stereocenters. The molecule has 18 heavy (non-hydrogen) atoms. The van der Waals surface area contributed by atoms with Gasteiger partial charge >= 0.3 is 0 Å². The Morgan fingerprint density at radius 1 is 0.833 bits per heavy atom. The molecule has 2 aliphatic carbocycles. The fraction of sp³-hybridized carbons (Fsp3) is 0.611. The lowest BCUT2D eigenvalue weighted by Gasteiger charge is -2.39. The fourth-order valence-corrected chi connectivity index (χ4v) is 4.19. The zero-order chi connectivity index (χ0) is 12.2. The molecule has 0 bridgehead atoms. The molecule has 3 rings (SSSR count). The molecule has 2 aliphatic rings. The molecule has 97 valence electrons. The van der Waals surface area contributed by atoms with Crippen LogP contribution in [0.25, 0.3) is 0 Å². The van der Waals surface area contributed by atoms with Gasteiger partial charge in [0.25, 0.3) is 0 Å². The van der Waals surface area contributed by atoms with Crippen molar-refractivity contribution in [3.05, 3.63) is 42.3 Å². The third-order valence-corrected chi connectivity index (χ3v) is 5.12. The van der Waals surface area contributed by atoms with E-state index in [4.69, 9.17) is 0 Å². The van der Waals surface area contributed by atoms with Gasteiger partial charge in [0.15, 0.2) is 0 Å². The van der Waals surface area contributed by atoms with Crippen LogP contribution in [0.15, 0.2) is 30.3 Å². The smallest absolute Gasteiger partial charge is 0.0128 e. The highest BCUT2D eigenvalue weighted by Crippen LogP contribution is 2.45. The van der Waals surface area contributed by atoms with Crippen LogP contribution < -0.4 is 0 Å². The molecule has 1 aromatic carbocycles. The Morgan fingerprint density at radius 3 is 2.39 bits per heavy atom. The molecule has 0 saturated heterocycles. The van der Waals surface area contributed by atoms with Crippen molar-refractivity contribution in [1.29, 1.82) is 0 Å². The van der Waals surface area contributed by atoms with Crippen LogP contribution in [0.2, 0.25) is 0 Å². The van der Waals surface area contributed by atoms with E-state index < -0.39 is 0 Å². The second kappa shape index (κ2) is 5.91. The summed E-state index contributed by atoms with van der Waals surface area (Å²) in [6.07, 6.45) is 14.0. The molecular formula is C18H25. The van der Waals surface area contributed by atoms with Crippen LogP contribution in [0.4, 0.5) is 0 Å². The van der Waals surface area contributed by atoms with E-state index in [1.54, 1.807) is 5.56 Å². The lowest BCUT2D eigenvalue weighted by Crippen LogP contribution is -2.27. The van der Waals surface area contributed by atoms with E-state index in [-0.39, 0.29) is 0 Å². The van der Waals surface area contributed by atoms with E-state index >= 15 is 0 Å². The van der Waals surface area contributed by atoms with Crippen LogP contribution in [0.3, 0.4) is 0 Å². The van der Waals surface area contributed by atoms with Gasteiger partial charge in [-0.1, -0.05) is 62.4 Å². The number of hydrogen-bond acceptors (Lipinski definition) is 0. The predicted molar refractivity (Wildman–Crippen MR) is 77.4 cm³/mol. The third kappa shape index (κ3) is 2.63. The number of rotatable bonds is 2. The molecule has 2 saturated carbocycles. The molecule has 1 radical (unpaired) electrons. The van der Waals surface area contributed by atoms with Gasteiger partial charge in [-0.05, 0) is 49.0 Å². The quantitative estimate of drug-likeness (QED) is 0.654. The van der Waals surface area contributed by atoms with Gasteiger partial charge < -0.3 is 0 Å². The van der Waals surface area contributed by atoms with E-state index in [9.17, 15) is 0 Å². The first-order valence-electron chi connectivity index (χ1n) is 7.82. The molecule has 0 heteroatoms. The Hall–Kier alpha value is -0.780. The Kier molecular flexibility index (Phi) is 4.02. The molecule has 0 amide bonds. The number of benzene rings is 1. The molecule has 0 nitrogen and oxygen atoms in total. The lowest BCUT2D eigenvalue weighted by molar-refractivity contribution is 0.186. The van der Waals surface area contributed by atoms with Crippen molar-refractivity contribution >= 4 is 0 Å². The van der Waals surface area contributed by atoms with Crippen molar-refractivity contribution in [2.24, 2.45) is 11.8 Å². The maximum atomic E-state index is 2.52. The molecule has 0 aromatic heterocycles. The molecule has 2 atom stereocenters. The minimum absolute atomic E-state index is 0.808. The second-order valence-electron chi connectivity index (χ2n) is 6.18. The van der Waals surface area contributed by atoms with Gasteiger partial charge in [0.2, 0.25) is 0 Å². The third-order valence-electron chi connectivity index (χ3n) is 5.12. The van der Waals surface area contributed by atoms with Crippen molar-refractivity contribution in [2.75, 3.05) is 0 Å². The van der Waals surface area contributed by atoms with E-state index in [2.05, 4.69) is 36.8 Å². The first-order chi connectivity index (χ1) is 8.95. The summed E-state index contributed by atoms with van der Waals surface area (Å²) in [5.74, 6) is 2.78. The summed E-state index contributed by atoms with van der Waals surface area (Å²) in [4.78, 5) is 0. The lowest BCUT2D eigenvalue weighted by atomic mass is 9.66. The average molecular weight is 241 g/mol. The largest absolute Gasteiger partial charge is 0.0622 e. The van der Waals surface area contributed by atoms with Gasteiger partial charge in [0, 0.05) is 0 Å². The molecule has 1 aromatic rings. The highest BCUT2D eigenvalue weighted by atomic mass is 14.4. The van der Waals surface area contributed by atoms with Crippen LogP contribution >= 0.6 is 0 Å². The topological polar surface area (TPSA) is 0 Å². The zero-order valence-electron chi connectivity index (χ0n) is 11.4. The van der Waals surface area contributed by atoms with Crippen LogP contribution in [0.5, 0.6) is 0 Å². The van der Waals surface area contributed by atoms with Crippen molar-refractivity contribution in [2.45, 2.75) is 57.3 Å². The minimum atomic E-state index is 0.808. The Labute approximate surface area is 112 Å². The van der Waals surface area contributed by atoms with Gasteiger partial charge in [-0.3, -0.25) is 0 Å². The fourth-order valence-electron chi connectivity index (χ4n) is 4.19. The van der Waals surface area contributed by atoms with Gasteiger partial charge in [-0.2, -0.15) is 0 Å². The van der Waals surface area contributed by atoms with Crippen molar-refractivity contribution < 1.29 is 0 Å². The summed E-state index contributed by atoms with van der Waals surface area (Å²) in [6.45, 7) is 0. The van der Waals surface area contributed by atoms with E-state index in [0.29, 0.717) is 0 Å². The number of hydrogen-bond donors (Lipinski definition) is 0. The van der Waals surface area contributed by atoms with Crippen molar-refractivity contribution in [1.82, 2.24) is 0 Å². The predicted octanol–water partition coefficient (Wildman–Crippen LogP) is 5.35. The van der Waals surface area contributed by atoms with E-state index in [1.807, 2.05) is 0 Å². The van der Waals surface area contributed by atoms with Gasteiger partial charge in [0.05, 0.1) is 0 Å². The maximum Gasteiger partial charge on any atom is -0.0128 e. The Bertz CT molecular complexity index is 348. The molecular weight excluding hydrogens is 216 g/mol. The van der Waals surface area contributed by atoms with E-state index in [0.717, 1.165) is 17.8 Å². The molecule has 0 spiro atoms. The summed E-state index contributed by atoms with van der Waals surface area (Å²) >= 11 is 0. The highest BCUT2D eigenvalue weighted by Gasteiger charge is 2.33. The molecule has 0 heterocycles. The SMILES string of the molecule is [CH]1CCC(C2CCCCC2)C(c2ccccc2)C1. The second-order valence-corrected chi connectivity index (χ2v) is 6.18. The van der Waals surface area contributed by atoms with Gasteiger partial charge in [0.1, 0.15) is 0 Å². The van der Waals surface area contributed by atoms with Crippen molar-refractivity contribution in [3.63, 3.8) is 0 Å². The zero-order valence-corrected chi connectivity index (χ0v) is 11.4. The van der Waals surface area contributed by atoms with E-state index in [1.165, 1.54) is 51.4 Å². The van der Waals surface area contributed by atoms with Crippen molar-refractivity contribution in [3.8, 4) is 0 Å². The highest BCUT2D eigenvalue weighted by molar-refractivity contribution is 5.22. The van der Waals surface area contributed by atoms with Gasteiger partial charge in [-0.15, -0.1) is 0 Å². The summed E-state index contributed by atoms with van der Waals surface area (Å²) < 4.78 is 0. The molecule has 0 N–H and O–H groups in total. The first-order valence-corrected chi connectivity index (χ1v) is 7.82. The summed E-state index contributed by atoms with van der Waals surface area (Å²) in [6, 6.07) is 11.3. The van der Waals surface area contributed by atoms with Crippen LogP contribution in [0, 0.1) is 18.3 Å². The molecule has 0 aliphatic heterocycles. The normalized spacial score (nSPS) is 30.2. The minimum Gasteiger partial charge on any atom is -0.0622 e. The average Bonchev–Trinajstić information content (AvgIpc) is 2.49. The van der Waals surface area contributed by atoms with Gasteiger partial charge in [-0.25, -0.2) is 0 Å². The van der Waals surface area contributed by atoms with Crippen LogP contribution in [-0.4, -0.2) is 0 Å². The maximum absolute atomic E-state index is 2.52. The Morgan fingerprint density at radius 2 is 1.61 bits per heavy atom. The first kappa shape index (κ1) is 12.3. The monoisotopic (exact) mass is 241 g/mol. The standard InChI is InChI=1S/C18H25/c1-3-9-15(10-4-1)17-13-7-8-14-18(17)16-11-5-2-6-12-16/h1,3-4,7,9-10,16-18H,2,5-6,8,11-14H2. The summed E-state index contributed by atoms with van der Waals surface area (Å²) in [5, 5.41) is 0. The Balaban J connectivity index is 1.77. The molecule has 2 fully saturated rings. The summed E-state index contributed by atoms with van der Waals surface area (Å²) in [5.41, 5.74) is 1.59. The van der Waals surface area contributed by atoms with Crippen LogP contribution in [0.1, 0.15) is 62.8 Å².